The second-order valence-electron chi connectivity index (χ2n) is 6.20. The van der Waals surface area contributed by atoms with Crippen LogP contribution in [0.4, 0.5) is 0 Å². The summed E-state index contributed by atoms with van der Waals surface area (Å²) in [5.74, 6) is 0.511. The molecular weight excluding hydrogens is 436 g/mol. The van der Waals surface area contributed by atoms with Crippen LogP contribution in [0.5, 0.6) is 5.75 Å². The zero-order valence-corrected chi connectivity index (χ0v) is 17.3. The Morgan fingerprint density at radius 3 is 2.50 bits per heavy atom. The minimum absolute atomic E-state index is 0.00851. The number of nitrogens with one attached hydrogen (secondary N) is 1. The fraction of sp³-hybridized carbons (Fsp3) is 0.0909. The van der Waals surface area contributed by atoms with Crippen molar-refractivity contribution in [3.63, 3.8) is 0 Å². The highest BCUT2D eigenvalue weighted by atomic mass is 79.9. The number of halogens is 1. The van der Waals surface area contributed by atoms with Crippen molar-refractivity contribution in [2.24, 2.45) is 0 Å². The molecule has 0 saturated heterocycles. The van der Waals surface area contributed by atoms with Crippen molar-refractivity contribution >= 4 is 43.4 Å². The highest BCUT2D eigenvalue weighted by Crippen LogP contribution is 2.30. The van der Waals surface area contributed by atoms with Gasteiger partial charge in [-0.25, -0.2) is 4.98 Å². The number of benzene rings is 3. The molecule has 0 fully saturated rings. The van der Waals surface area contributed by atoms with Crippen molar-refractivity contribution in [3.05, 3.63) is 82.8 Å². The zero-order valence-electron chi connectivity index (χ0n) is 14.9. The number of hydrogen-bond donors (Lipinski definition) is 1. The number of nitrogens with zero attached hydrogens (tertiary/aromatic N) is 1. The van der Waals surface area contributed by atoms with Crippen LogP contribution in [0, 0.1) is 0 Å². The second kappa shape index (κ2) is 8.54. The third-order valence-corrected chi connectivity index (χ3v) is 5.78. The largest absolute Gasteiger partial charge is 0.484 e. The van der Waals surface area contributed by atoms with Crippen LogP contribution in [-0.4, -0.2) is 17.5 Å². The maximum atomic E-state index is 12.0. The molecule has 1 N–H and O–H groups in total. The highest BCUT2D eigenvalue weighted by molar-refractivity contribution is 9.10. The van der Waals surface area contributed by atoms with Crippen LogP contribution in [0.2, 0.25) is 0 Å². The number of carbonyl (C=O) groups is 1. The molecule has 0 bridgehead atoms. The molecular formula is C22H17BrN2O2S. The summed E-state index contributed by atoms with van der Waals surface area (Å²) in [5.41, 5.74) is 3.13. The number of ether oxygens (including phenoxy) is 1. The molecule has 4 nitrogen and oxygen atoms in total. The van der Waals surface area contributed by atoms with E-state index in [1.165, 1.54) is 4.70 Å². The van der Waals surface area contributed by atoms with Gasteiger partial charge >= 0.3 is 0 Å². The Hall–Kier alpha value is -2.70. The maximum absolute atomic E-state index is 12.0. The van der Waals surface area contributed by atoms with Crippen LogP contribution in [0.1, 0.15) is 5.56 Å². The van der Waals surface area contributed by atoms with Crippen molar-refractivity contribution in [1.82, 2.24) is 10.3 Å². The van der Waals surface area contributed by atoms with E-state index < -0.39 is 0 Å². The van der Waals surface area contributed by atoms with E-state index in [1.54, 1.807) is 11.3 Å². The van der Waals surface area contributed by atoms with E-state index in [4.69, 9.17) is 4.74 Å². The van der Waals surface area contributed by atoms with E-state index in [0.29, 0.717) is 12.3 Å². The quantitative estimate of drug-likeness (QED) is 0.424. The Balaban J connectivity index is 1.31. The van der Waals surface area contributed by atoms with E-state index in [0.717, 1.165) is 26.1 Å². The maximum Gasteiger partial charge on any atom is 0.258 e. The van der Waals surface area contributed by atoms with E-state index >= 15 is 0 Å². The summed E-state index contributed by atoms with van der Waals surface area (Å²) in [4.78, 5) is 16.7. The lowest BCUT2D eigenvalue weighted by Crippen LogP contribution is -2.28. The van der Waals surface area contributed by atoms with E-state index in [2.05, 4.69) is 32.3 Å². The lowest BCUT2D eigenvalue weighted by molar-refractivity contribution is -0.123. The molecule has 6 heteroatoms. The van der Waals surface area contributed by atoms with E-state index in [9.17, 15) is 4.79 Å². The summed E-state index contributed by atoms with van der Waals surface area (Å²) in [7, 11) is 0. The summed E-state index contributed by atoms with van der Waals surface area (Å²) in [6.07, 6.45) is 0. The highest BCUT2D eigenvalue weighted by Gasteiger charge is 2.07. The van der Waals surface area contributed by atoms with Gasteiger partial charge in [0.1, 0.15) is 10.8 Å². The third-order valence-electron chi connectivity index (χ3n) is 4.17. The summed E-state index contributed by atoms with van der Waals surface area (Å²) in [6, 6.07) is 23.6. The fourth-order valence-corrected chi connectivity index (χ4v) is 3.93. The molecule has 1 aromatic heterocycles. The molecule has 0 unspecified atom stereocenters. The monoisotopic (exact) mass is 452 g/mol. The number of carbonyl (C=O) groups excluding carboxylic acids is 1. The molecule has 1 heterocycles. The summed E-state index contributed by atoms with van der Waals surface area (Å²) in [5, 5.41) is 3.87. The Kier molecular flexibility index (Phi) is 5.69. The zero-order chi connectivity index (χ0) is 19.3. The predicted molar refractivity (Wildman–Crippen MR) is 117 cm³/mol. The number of rotatable bonds is 6. The van der Waals surface area contributed by atoms with Gasteiger partial charge in [0.25, 0.3) is 5.91 Å². The van der Waals surface area contributed by atoms with Crippen LogP contribution in [0.25, 0.3) is 20.8 Å². The molecule has 0 radical (unpaired) electrons. The number of para-hydroxylation sites is 1. The van der Waals surface area contributed by atoms with E-state index in [-0.39, 0.29) is 12.5 Å². The first-order valence-corrected chi connectivity index (χ1v) is 10.4. The average Bonchev–Trinajstić information content (AvgIpc) is 3.16. The Morgan fingerprint density at radius 1 is 1.00 bits per heavy atom. The summed E-state index contributed by atoms with van der Waals surface area (Å²) >= 11 is 5.05. The van der Waals surface area contributed by atoms with Gasteiger partial charge in [-0.3, -0.25) is 4.79 Å². The SMILES string of the molecule is O=C(COc1ccc(Br)cc1)NCc1ccc(-c2nc3ccccc3s2)cc1. The first kappa shape index (κ1) is 18.7. The molecule has 28 heavy (non-hydrogen) atoms. The first-order chi connectivity index (χ1) is 13.7. The van der Waals surface area contributed by atoms with Gasteiger partial charge in [-0.05, 0) is 42.0 Å². The van der Waals surface area contributed by atoms with Gasteiger partial charge in [0.2, 0.25) is 0 Å². The molecule has 140 valence electrons. The number of aromatic nitrogens is 1. The van der Waals surface area contributed by atoms with Gasteiger partial charge in [0, 0.05) is 16.6 Å². The van der Waals surface area contributed by atoms with Gasteiger partial charge < -0.3 is 10.1 Å². The second-order valence-corrected chi connectivity index (χ2v) is 8.15. The van der Waals surface area contributed by atoms with Crippen LogP contribution in [0.15, 0.2) is 77.3 Å². The van der Waals surface area contributed by atoms with Gasteiger partial charge in [-0.2, -0.15) is 0 Å². The molecule has 0 spiro atoms. The van der Waals surface area contributed by atoms with Gasteiger partial charge in [0.15, 0.2) is 6.61 Å². The summed E-state index contributed by atoms with van der Waals surface area (Å²) < 4.78 is 7.63. The lowest BCUT2D eigenvalue weighted by atomic mass is 10.1. The molecule has 0 aliphatic rings. The fourth-order valence-electron chi connectivity index (χ4n) is 2.69. The molecule has 4 rings (SSSR count). The normalized spacial score (nSPS) is 10.8. The Morgan fingerprint density at radius 2 is 1.75 bits per heavy atom. The molecule has 0 aliphatic carbocycles. The van der Waals surface area contributed by atoms with Crippen molar-refractivity contribution < 1.29 is 9.53 Å². The smallest absolute Gasteiger partial charge is 0.258 e. The van der Waals surface area contributed by atoms with E-state index in [1.807, 2.05) is 66.7 Å². The molecule has 4 aromatic rings. The topological polar surface area (TPSA) is 51.2 Å². The number of fused-ring (bicyclic) bond motifs is 1. The minimum Gasteiger partial charge on any atom is -0.484 e. The van der Waals surface area contributed by atoms with Crippen LogP contribution in [0.3, 0.4) is 0 Å². The number of hydrogen-bond acceptors (Lipinski definition) is 4. The third kappa shape index (κ3) is 4.58. The van der Waals surface area contributed by atoms with Crippen LogP contribution >= 0.6 is 27.3 Å². The molecule has 0 atom stereocenters. The van der Waals surface area contributed by atoms with Crippen LogP contribution < -0.4 is 10.1 Å². The first-order valence-electron chi connectivity index (χ1n) is 8.77. The average molecular weight is 453 g/mol. The standard InChI is InChI=1S/C22H17BrN2O2S/c23-17-9-11-18(12-10-17)27-14-21(26)24-13-15-5-7-16(8-6-15)22-25-19-3-1-2-4-20(19)28-22/h1-12H,13-14H2,(H,24,26). The molecule has 1 amide bonds. The Labute approximate surface area is 175 Å². The van der Waals surface area contributed by atoms with Gasteiger partial charge in [-0.1, -0.05) is 52.3 Å². The van der Waals surface area contributed by atoms with Gasteiger partial charge in [0.05, 0.1) is 10.2 Å². The minimum atomic E-state index is -0.154. The molecule has 3 aromatic carbocycles. The number of thiazole rings is 1. The predicted octanol–water partition coefficient (Wildman–Crippen LogP) is 5.42. The van der Waals surface area contributed by atoms with Gasteiger partial charge in [-0.15, -0.1) is 11.3 Å². The lowest BCUT2D eigenvalue weighted by Gasteiger charge is -2.08. The Bertz CT molecular complexity index is 1060. The van der Waals surface area contributed by atoms with Crippen molar-refractivity contribution in [2.75, 3.05) is 6.61 Å². The van der Waals surface area contributed by atoms with Crippen molar-refractivity contribution in [2.45, 2.75) is 6.54 Å². The molecule has 0 aliphatic heterocycles. The van der Waals surface area contributed by atoms with Crippen molar-refractivity contribution in [3.8, 4) is 16.3 Å². The van der Waals surface area contributed by atoms with Crippen molar-refractivity contribution in [1.29, 1.82) is 0 Å². The summed E-state index contributed by atoms with van der Waals surface area (Å²) in [6.45, 7) is 0.452. The number of amides is 1. The molecule has 0 saturated carbocycles. The van der Waals surface area contributed by atoms with Crippen LogP contribution in [-0.2, 0) is 11.3 Å².